The Hall–Kier alpha value is -0.746. The molecule has 35 heavy (non-hydrogen) atoms. The van der Waals surface area contributed by atoms with Gasteiger partial charge in [-0.15, -0.1) is 0 Å². The zero-order valence-corrected chi connectivity index (χ0v) is 26.9. The maximum absolute atomic E-state index is 12.0. The second-order valence-electron chi connectivity index (χ2n) is 11.6. The van der Waals surface area contributed by atoms with Crippen molar-refractivity contribution in [3.05, 3.63) is 15.8 Å². The van der Waals surface area contributed by atoms with Gasteiger partial charge in [0.15, 0.2) is 15.5 Å². The van der Waals surface area contributed by atoms with E-state index in [0.717, 1.165) is 32.9 Å². The van der Waals surface area contributed by atoms with Gasteiger partial charge in [0.2, 0.25) is 0 Å². The fraction of sp³-hybridized carbons (Fsp3) is 0.727. The summed E-state index contributed by atoms with van der Waals surface area (Å²) in [5, 5.41) is 4.58. The third kappa shape index (κ3) is 8.95. The fourth-order valence-corrected chi connectivity index (χ4v) is 6.70. The lowest BCUT2D eigenvalue weighted by Gasteiger charge is -2.30. The Morgan fingerprint density at radius 1 is 1.00 bits per heavy atom. The standard InChI is InChI=1S/C22H40IN5O4SSi2/c1-34(2,3)13-9-31-17-27(18-32-10-14-35(4,5)6)21-15-20(25-22-19(23)16-24-28(21)22)26-7-11-33(29,30)12-8-26/h15-16H,7-14,17-18H2,1-6H3. The van der Waals surface area contributed by atoms with E-state index in [4.69, 9.17) is 14.5 Å². The van der Waals surface area contributed by atoms with Crippen molar-refractivity contribution in [2.75, 3.05) is 61.1 Å². The Morgan fingerprint density at radius 3 is 2.06 bits per heavy atom. The van der Waals surface area contributed by atoms with Crippen molar-refractivity contribution in [2.45, 2.75) is 51.4 Å². The van der Waals surface area contributed by atoms with E-state index in [0.29, 0.717) is 39.8 Å². The lowest BCUT2D eigenvalue weighted by Crippen LogP contribution is -2.41. The highest BCUT2D eigenvalue weighted by Crippen LogP contribution is 2.26. The second kappa shape index (κ2) is 11.8. The number of halogens is 1. The summed E-state index contributed by atoms with van der Waals surface area (Å²) in [4.78, 5) is 8.95. The largest absolute Gasteiger partial charge is 0.361 e. The molecule has 1 fully saturated rings. The van der Waals surface area contributed by atoms with Gasteiger partial charge in [-0.25, -0.2) is 13.4 Å². The first-order valence-electron chi connectivity index (χ1n) is 12.1. The van der Waals surface area contributed by atoms with Crippen LogP contribution in [-0.2, 0) is 19.3 Å². The Bertz CT molecular complexity index is 1070. The van der Waals surface area contributed by atoms with Crippen LogP contribution < -0.4 is 9.80 Å². The van der Waals surface area contributed by atoms with E-state index in [9.17, 15) is 8.42 Å². The van der Waals surface area contributed by atoms with Gasteiger partial charge in [0.05, 0.1) is 21.3 Å². The molecule has 0 atom stereocenters. The molecular weight excluding hydrogens is 613 g/mol. The van der Waals surface area contributed by atoms with Crippen molar-refractivity contribution >= 4 is 65.9 Å². The van der Waals surface area contributed by atoms with Gasteiger partial charge in [-0.05, 0) is 34.7 Å². The van der Waals surface area contributed by atoms with Gasteiger partial charge in [-0.2, -0.15) is 9.61 Å². The number of hydrogen-bond donors (Lipinski definition) is 0. The van der Waals surface area contributed by atoms with E-state index in [1.54, 1.807) is 6.20 Å². The molecular formula is C22H40IN5O4SSi2. The molecule has 0 spiro atoms. The van der Waals surface area contributed by atoms with Crippen LogP contribution in [0.2, 0.25) is 51.4 Å². The fourth-order valence-electron chi connectivity index (χ4n) is 3.51. The first-order chi connectivity index (χ1) is 16.2. The Balaban J connectivity index is 1.86. The summed E-state index contributed by atoms with van der Waals surface area (Å²) in [6.45, 7) is 17.1. The second-order valence-corrected chi connectivity index (χ2v) is 26.3. The van der Waals surface area contributed by atoms with Crippen molar-refractivity contribution in [3.8, 4) is 0 Å². The Morgan fingerprint density at radius 2 is 1.54 bits per heavy atom. The van der Waals surface area contributed by atoms with Crippen LogP contribution >= 0.6 is 22.6 Å². The van der Waals surface area contributed by atoms with Crippen molar-refractivity contribution in [2.24, 2.45) is 0 Å². The molecule has 9 nitrogen and oxygen atoms in total. The minimum atomic E-state index is -2.98. The molecule has 1 aliphatic heterocycles. The molecule has 0 unspecified atom stereocenters. The van der Waals surface area contributed by atoms with Crippen LogP contribution in [0.15, 0.2) is 12.3 Å². The van der Waals surface area contributed by atoms with Crippen molar-refractivity contribution in [1.29, 1.82) is 0 Å². The summed E-state index contributed by atoms with van der Waals surface area (Å²) in [5.41, 5.74) is 0.751. The molecule has 2 aromatic heterocycles. The number of ether oxygens (including phenoxy) is 2. The number of aromatic nitrogens is 3. The van der Waals surface area contributed by atoms with Crippen LogP contribution in [0.1, 0.15) is 0 Å². The van der Waals surface area contributed by atoms with Crippen molar-refractivity contribution < 1.29 is 17.9 Å². The Kier molecular flexibility index (Phi) is 9.68. The highest BCUT2D eigenvalue weighted by Gasteiger charge is 2.25. The number of sulfone groups is 1. The van der Waals surface area contributed by atoms with Gasteiger partial charge in [0, 0.05) is 48.5 Å². The highest BCUT2D eigenvalue weighted by atomic mass is 127. The molecule has 2 aromatic rings. The Labute approximate surface area is 225 Å². The highest BCUT2D eigenvalue weighted by molar-refractivity contribution is 14.1. The first kappa shape index (κ1) is 28.8. The molecule has 0 N–H and O–H groups in total. The third-order valence-corrected chi connectivity index (χ3v) is 11.7. The number of fused-ring (bicyclic) bond motifs is 1. The first-order valence-corrected chi connectivity index (χ1v) is 22.5. The molecule has 0 saturated carbocycles. The maximum atomic E-state index is 12.0. The van der Waals surface area contributed by atoms with Gasteiger partial charge in [0.25, 0.3) is 0 Å². The topological polar surface area (TPSA) is 89.3 Å². The van der Waals surface area contributed by atoms with E-state index in [1.807, 2.05) is 15.5 Å². The number of nitrogens with zero attached hydrogens (tertiary/aromatic N) is 5. The summed E-state index contributed by atoms with van der Waals surface area (Å²) in [6.07, 6.45) is 1.80. The molecule has 0 aromatic carbocycles. The average Bonchev–Trinajstić information content (AvgIpc) is 3.11. The van der Waals surface area contributed by atoms with E-state index < -0.39 is 26.0 Å². The maximum Gasteiger partial charge on any atom is 0.173 e. The lowest BCUT2D eigenvalue weighted by atomic mass is 10.4. The van der Waals surface area contributed by atoms with Crippen LogP contribution in [0, 0.1) is 3.57 Å². The molecule has 3 heterocycles. The zero-order valence-electron chi connectivity index (χ0n) is 21.9. The van der Waals surface area contributed by atoms with Gasteiger partial charge in [-0.1, -0.05) is 39.3 Å². The van der Waals surface area contributed by atoms with Crippen molar-refractivity contribution in [1.82, 2.24) is 14.6 Å². The number of anilines is 2. The molecule has 0 amide bonds. The predicted octanol–water partition coefficient (Wildman–Crippen LogP) is 4.00. The number of rotatable bonds is 12. The van der Waals surface area contributed by atoms with Crippen LogP contribution in [-0.4, -0.2) is 90.4 Å². The molecule has 0 bridgehead atoms. The summed E-state index contributed by atoms with van der Waals surface area (Å²) in [7, 11) is -5.37. The van der Waals surface area contributed by atoms with Gasteiger partial charge >= 0.3 is 0 Å². The summed E-state index contributed by atoms with van der Waals surface area (Å²) in [6, 6.07) is 4.17. The van der Waals surface area contributed by atoms with Crippen molar-refractivity contribution in [3.63, 3.8) is 0 Å². The zero-order chi connectivity index (χ0) is 25.9. The molecule has 1 aliphatic rings. The van der Waals surface area contributed by atoms with Gasteiger partial charge < -0.3 is 19.3 Å². The molecule has 0 aliphatic carbocycles. The summed E-state index contributed by atoms with van der Waals surface area (Å²) >= 11 is 2.24. The molecule has 3 rings (SSSR count). The van der Waals surface area contributed by atoms with Crippen LogP contribution in [0.3, 0.4) is 0 Å². The van der Waals surface area contributed by atoms with Crippen LogP contribution in [0.5, 0.6) is 0 Å². The quantitative estimate of drug-likeness (QED) is 0.147. The molecule has 0 radical (unpaired) electrons. The van der Waals surface area contributed by atoms with Gasteiger partial charge in [-0.3, -0.25) is 0 Å². The van der Waals surface area contributed by atoms with Crippen LogP contribution in [0.25, 0.3) is 5.65 Å². The average molecular weight is 654 g/mol. The van der Waals surface area contributed by atoms with E-state index in [2.05, 4.69) is 71.9 Å². The normalized spacial score (nSPS) is 16.7. The minimum absolute atomic E-state index is 0.148. The van der Waals surface area contributed by atoms with Crippen LogP contribution in [0.4, 0.5) is 11.6 Å². The van der Waals surface area contributed by atoms with E-state index in [-0.39, 0.29) is 11.5 Å². The predicted molar refractivity (Wildman–Crippen MR) is 157 cm³/mol. The monoisotopic (exact) mass is 653 g/mol. The smallest absolute Gasteiger partial charge is 0.173 e. The van der Waals surface area contributed by atoms with E-state index in [1.165, 1.54) is 0 Å². The number of hydrogen-bond acceptors (Lipinski definition) is 8. The van der Waals surface area contributed by atoms with E-state index >= 15 is 0 Å². The third-order valence-electron chi connectivity index (χ3n) is 5.88. The molecule has 1 saturated heterocycles. The minimum Gasteiger partial charge on any atom is -0.361 e. The molecule has 13 heteroatoms. The van der Waals surface area contributed by atoms with Gasteiger partial charge in [0.1, 0.15) is 25.1 Å². The molecule has 198 valence electrons. The summed E-state index contributed by atoms with van der Waals surface area (Å²) in [5.74, 6) is 1.89. The SMILES string of the molecule is C[Si](C)(C)CCOCN(COCC[Si](C)(C)C)c1cc(N2CCS(=O)(=O)CC2)nc2c(I)cnn12. The lowest BCUT2D eigenvalue weighted by molar-refractivity contribution is 0.0942. The summed E-state index contributed by atoms with van der Waals surface area (Å²) < 4.78 is 38.9.